The van der Waals surface area contributed by atoms with Crippen molar-refractivity contribution in [3.05, 3.63) is 72.3 Å². The molecule has 0 atom stereocenters. The molecule has 0 spiro atoms. The fourth-order valence-corrected chi connectivity index (χ4v) is 2.73. The van der Waals surface area contributed by atoms with Gasteiger partial charge in [-0.15, -0.1) is 0 Å². The molecule has 0 aliphatic rings. The molecule has 0 aliphatic heterocycles. The summed E-state index contributed by atoms with van der Waals surface area (Å²) in [5, 5.41) is 13.4. The third kappa shape index (κ3) is 2.56. The Kier molecular flexibility index (Phi) is 3.84. The van der Waals surface area contributed by atoms with Crippen LogP contribution < -0.4 is 5.32 Å². The monoisotopic (exact) mass is 289 g/mol. The smallest absolute Gasteiger partial charge is 0.146 e. The van der Waals surface area contributed by atoms with Crippen molar-refractivity contribution in [1.29, 1.82) is 0 Å². The lowest BCUT2D eigenvalue weighted by Gasteiger charge is -2.12. The van der Waals surface area contributed by atoms with E-state index >= 15 is 0 Å². The Morgan fingerprint density at radius 2 is 1.41 bits per heavy atom. The van der Waals surface area contributed by atoms with Gasteiger partial charge in [0.15, 0.2) is 0 Å². The number of aromatic hydroxyl groups is 1. The first-order valence-electron chi connectivity index (χ1n) is 7.37. The molecule has 2 N–H and O–H groups in total. The Morgan fingerprint density at radius 1 is 0.773 bits per heavy atom. The number of para-hydroxylation sites is 1. The Bertz CT molecular complexity index is 808. The largest absolute Gasteiger partial charge is 0.505 e. The van der Waals surface area contributed by atoms with Crippen LogP contribution in [0.15, 0.2) is 66.7 Å². The maximum atomic E-state index is 10.4. The Balaban J connectivity index is 2.11. The van der Waals surface area contributed by atoms with E-state index in [1.807, 2.05) is 49.5 Å². The lowest BCUT2D eigenvalue weighted by atomic mass is 9.96. The molecule has 0 fully saturated rings. The highest BCUT2D eigenvalue weighted by Gasteiger charge is 2.09. The molecule has 0 amide bonds. The topological polar surface area (TPSA) is 32.3 Å². The number of phenols is 1. The number of benzene rings is 3. The molecular weight excluding hydrogens is 270 g/mol. The van der Waals surface area contributed by atoms with Gasteiger partial charge in [-0.05, 0) is 41.3 Å². The summed E-state index contributed by atoms with van der Waals surface area (Å²) in [6.07, 6.45) is 0. The highest BCUT2D eigenvalue weighted by Crippen LogP contribution is 2.36. The second-order valence-corrected chi connectivity index (χ2v) is 5.35. The summed E-state index contributed by atoms with van der Waals surface area (Å²) in [7, 11) is 1.81. The molecule has 0 aliphatic carbocycles. The van der Waals surface area contributed by atoms with Gasteiger partial charge in [0.05, 0.1) is 5.69 Å². The zero-order valence-electron chi connectivity index (χ0n) is 12.8. The van der Waals surface area contributed by atoms with Gasteiger partial charge in [-0.3, -0.25) is 0 Å². The summed E-state index contributed by atoms with van der Waals surface area (Å²) in [6.45, 7) is 2.11. The van der Waals surface area contributed by atoms with Gasteiger partial charge in [0.25, 0.3) is 0 Å². The van der Waals surface area contributed by atoms with Gasteiger partial charge in [-0.2, -0.15) is 0 Å². The van der Waals surface area contributed by atoms with E-state index in [-0.39, 0.29) is 5.75 Å². The van der Waals surface area contributed by atoms with E-state index in [9.17, 15) is 5.11 Å². The average Bonchev–Trinajstić information content (AvgIpc) is 2.55. The third-order valence-corrected chi connectivity index (χ3v) is 3.94. The molecule has 2 nitrogen and oxygen atoms in total. The average molecular weight is 289 g/mol. The van der Waals surface area contributed by atoms with Crippen molar-refractivity contribution < 1.29 is 5.11 Å². The van der Waals surface area contributed by atoms with Gasteiger partial charge in [0, 0.05) is 12.6 Å². The number of nitrogens with one attached hydrogen (secondary N) is 1. The normalized spacial score (nSPS) is 10.5. The molecule has 3 aromatic carbocycles. The molecule has 0 saturated heterocycles. The molecule has 0 bridgehead atoms. The highest BCUT2D eigenvalue weighted by molar-refractivity contribution is 5.81. The SMILES string of the molecule is CNc1cccc(-c2cccc(-c3ccccc3C)c2)c1O. The molecule has 3 aromatic rings. The predicted octanol–water partition coefficient (Wildman–Crippen LogP) is 5.08. The number of aryl methyl sites for hydroxylation is 1. The molecule has 22 heavy (non-hydrogen) atoms. The quantitative estimate of drug-likeness (QED) is 0.659. The number of hydrogen-bond donors (Lipinski definition) is 2. The summed E-state index contributed by atoms with van der Waals surface area (Å²) in [6, 6.07) is 22.4. The van der Waals surface area contributed by atoms with Crippen LogP contribution in [0.3, 0.4) is 0 Å². The molecule has 0 radical (unpaired) electrons. The fourth-order valence-electron chi connectivity index (χ4n) is 2.73. The first-order valence-corrected chi connectivity index (χ1v) is 7.37. The first-order chi connectivity index (χ1) is 10.7. The van der Waals surface area contributed by atoms with E-state index in [1.165, 1.54) is 11.1 Å². The molecule has 110 valence electrons. The van der Waals surface area contributed by atoms with Crippen molar-refractivity contribution in [2.75, 3.05) is 12.4 Å². The van der Waals surface area contributed by atoms with Crippen LogP contribution in [0.5, 0.6) is 5.75 Å². The van der Waals surface area contributed by atoms with Crippen LogP contribution in [0.1, 0.15) is 5.56 Å². The maximum absolute atomic E-state index is 10.4. The molecule has 2 heteroatoms. The van der Waals surface area contributed by atoms with Crippen LogP contribution in [0.4, 0.5) is 5.69 Å². The van der Waals surface area contributed by atoms with Crippen molar-refractivity contribution in [2.45, 2.75) is 6.92 Å². The fraction of sp³-hybridized carbons (Fsp3) is 0.100. The van der Waals surface area contributed by atoms with E-state index in [0.717, 1.165) is 22.4 Å². The molecule has 0 saturated carbocycles. The summed E-state index contributed by atoms with van der Waals surface area (Å²) in [5.74, 6) is 0.284. The lowest BCUT2D eigenvalue weighted by molar-refractivity contribution is 0.479. The Labute approximate surface area is 131 Å². The van der Waals surface area contributed by atoms with Crippen LogP contribution in [-0.4, -0.2) is 12.2 Å². The standard InChI is InChI=1S/C20H19NO/c1-14-7-3-4-10-17(14)15-8-5-9-16(13-15)18-11-6-12-19(21-2)20(18)22/h3-13,21-22H,1-2H3. The van der Waals surface area contributed by atoms with E-state index in [4.69, 9.17) is 0 Å². The zero-order valence-corrected chi connectivity index (χ0v) is 12.8. The van der Waals surface area contributed by atoms with Gasteiger partial charge in [0.2, 0.25) is 0 Å². The van der Waals surface area contributed by atoms with E-state index in [2.05, 4.69) is 36.5 Å². The molecule has 0 heterocycles. The number of phenolic OH excluding ortho intramolecular Hbond substituents is 1. The van der Waals surface area contributed by atoms with Crippen LogP contribution in [-0.2, 0) is 0 Å². The highest BCUT2D eigenvalue weighted by atomic mass is 16.3. The van der Waals surface area contributed by atoms with Crippen molar-refractivity contribution in [3.63, 3.8) is 0 Å². The molecular formula is C20H19NO. The van der Waals surface area contributed by atoms with Crippen LogP contribution in [0.2, 0.25) is 0 Å². The van der Waals surface area contributed by atoms with E-state index in [1.54, 1.807) is 0 Å². The lowest BCUT2D eigenvalue weighted by Crippen LogP contribution is -1.90. The van der Waals surface area contributed by atoms with Crippen LogP contribution in [0.25, 0.3) is 22.3 Å². The van der Waals surface area contributed by atoms with Gasteiger partial charge < -0.3 is 10.4 Å². The summed E-state index contributed by atoms with van der Waals surface area (Å²) < 4.78 is 0. The van der Waals surface area contributed by atoms with Crippen molar-refractivity contribution in [3.8, 4) is 28.0 Å². The minimum Gasteiger partial charge on any atom is -0.505 e. The summed E-state index contributed by atoms with van der Waals surface area (Å²) >= 11 is 0. The zero-order chi connectivity index (χ0) is 15.5. The molecule has 0 aromatic heterocycles. The van der Waals surface area contributed by atoms with Crippen molar-refractivity contribution >= 4 is 5.69 Å². The summed E-state index contributed by atoms with van der Waals surface area (Å²) in [4.78, 5) is 0. The first kappa shape index (κ1) is 14.2. The predicted molar refractivity (Wildman–Crippen MR) is 93.3 cm³/mol. The molecule has 0 unspecified atom stereocenters. The van der Waals surface area contributed by atoms with E-state index in [0.29, 0.717) is 0 Å². The van der Waals surface area contributed by atoms with Crippen LogP contribution >= 0.6 is 0 Å². The number of anilines is 1. The second-order valence-electron chi connectivity index (χ2n) is 5.35. The maximum Gasteiger partial charge on any atom is 0.146 e. The van der Waals surface area contributed by atoms with E-state index < -0.39 is 0 Å². The number of rotatable bonds is 3. The van der Waals surface area contributed by atoms with Gasteiger partial charge in [-0.25, -0.2) is 0 Å². The Hall–Kier alpha value is -2.74. The number of hydrogen-bond acceptors (Lipinski definition) is 2. The minimum absolute atomic E-state index is 0.284. The van der Waals surface area contributed by atoms with Gasteiger partial charge in [0.1, 0.15) is 5.75 Å². The minimum atomic E-state index is 0.284. The van der Waals surface area contributed by atoms with Crippen LogP contribution in [0, 0.1) is 6.92 Å². The summed E-state index contributed by atoms with van der Waals surface area (Å²) in [5.41, 5.74) is 6.20. The van der Waals surface area contributed by atoms with Crippen molar-refractivity contribution in [2.24, 2.45) is 0 Å². The van der Waals surface area contributed by atoms with Gasteiger partial charge in [-0.1, -0.05) is 54.6 Å². The van der Waals surface area contributed by atoms with Gasteiger partial charge >= 0.3 is 0 Å². The second kappa shape index (κ2) is 5.94. The molecule has 3 rings (SSSR count). The van der Waals surface area contributed by atoms with Crippen molar-refractivity contribution in [1.82, 2.24) is 0 Å². The third-order valence-electron chi connectivity index (χ3n) is 3.94. The Morgan fingerprint density at radius 3 is 2.14 bits per heavy atom.